The lowest BCUT2D eigenvalue weighted by Crippen LogP contribution is -2.44. The van der Waals surface area contributed by atoms with Crippen LogP contribution >= 0.6 is 0 Å². The number of sulfonamides is 1. The standard InChI is InChI=1S/C14H22N4O3S/c1-17-9-11(7-15-17)14-10(3-6-13(19)18(14)2)8-16-22(20,21)12-4-5-12/h7,9-10,12,14,16H,3-6,8H2,1-2H3/t10-,14+/m1/s1. The average Bonchev–Trinajstić information content (AvgIpc) is 3.24. The van der Waals surface area contributed by atoms with E-state index in [0.29, 0.717) is 19.4 Å². The highest BCUT2D eigenvalue weighted by atomic mass is 32.2. The van der Waals surface area contributed by atoms with Crippen LogP contribution in [0.2, 0.25) is 0 Å². The second-order valence-corrected chi connectivity index (χ2v) is 8.33. The Hall–Kier alpha value is -1.41. The van der Waals surface area contributed by atoms with Crippen molar-refractivity contribution in [3.8, 4) is 0 Å². The van der Waals surface area contributed by atoms with Crippen LogP contribution in [0.15, 0.2) is 12.4 Å². The van der Waals surface area contributed by atoms with Crippen molar-refractivity contribution in [3.05, 3.63) is 18.0 Å². The Bertz CT molecular complexity index is 665. The van der Waals surface area contributed by atoms with E-state index in [1.165, 1.54) is 0 Å². The fourth-order valence-electron chi connectivity index (χ4n) is 3.14. The van der Waals surface area contributed by atoms with E-state index in [1.54, 1.807) is 22.8 Å². The molecule has 22 heavy (non-hydrogen) atoms. The molecule has 2 heterocycles. The van der Waals surface area contributed by atoms with Crippen LogP contribution in [-0.4, -0.2) is 47.8 Å². The number of likely N-dealkylation sites (tertiary alicyclic amines) is 1. The summed E-state index contributed by atoms with van der Waals surface area (Å²) in [6.45, 7) is 0.371. The molecule has 0 radical (unpaired) electrons. The van der Waals surface area contributed by atoms with Gasteiger partial charge in [0, 0.05) is 38.8 Å². The van der Waals surface area contributed by atoms with E-state index in [2.05, 4.69) is 9.82 Å². The summed E-state index contributed by atoms with van der Waals surface area (Å²) in [6.07, 6.45) is 6.30. The molecular formula is C14H22N4O3S. The monoisotopic (exact) mass is 326 g/mol. The van der Waals surface area contributed by atoms with Crippen molar-refractivity contribution in [2.45, 2.75) is 37.0 Å². The molecule has 0 aromatic carbocycles. The van der Waals surface area contributed by atoms with E-state index in [0.717, 1.165) is 18.4 Å². The maximum absolute atomic E-state index is 12.0. The molecule has 7 nitrogen and oxygen atoms in total. The van der Waals surface area contributed by atoms with Gasteiger partial charge in [-0.15, -0.1) is 0 Å². The van der Waals surface area contributed by atoms with Crippen molar-refractivity contribution in [1.29, 1.82) is 0 Å². The number of rotatable bonds is 5. The van der Waals surface area contributed by atoms with E-state index in [9.17, 15) is 13.2 Å². The third kappa shape index (κ3) is 3.03. The summed E-state index contributed by atoms with van der Waals surface area (Å²) in [5.41, 5.74) is 0.952. The molecule has 2 aliphatic rings. The molecule has 0 unspecified atom stereocenters. The van der Waals surface area contributed by atoms with Crippen LogP contribution in [0.3, 0.4) is 0 Å². The Morgan fingerprint density at radius 2 is 2.05 bits per heavy atom. The van der Waals surface area contributed by atoms with Gasteiger partial charge in [0.1, 0.15) is 0 Å². The van der Waals surface area contributed by atoms with Crippen molar-refractivity contribution < 1.29 is 13.2 Å². The molecule has 1 N–H and O–H groups in total. The van der Waals surface area contributed by atoms with E-state index >= 15 is 0 Å². The molecule has 1 saturated carbocycles. The zero-order valence-corrected chi connectivity index (χ0v) is 13.7. The lowest BCUT2D eigenvalue weighted by atomic mass is 9.86. The van der Waals surface area contributed by atoms with Gasteiger partial charge in [-0.05, 0) is 25.2 Å². The summed E-state index contributed by atoms with van der Waals surface area (Å²) in [5, 5.41) is 3.96. The molecule has 122 valence electrons. The Balaban J connectivity index is 1.76. The van der Waals surface area contributed by atoms with Gasteiger partial charge < -0.3 is 4.90 Å². The number of piperidine rings is 1. The summed E-state index contributed by atoms with van der Waals surface area (Å²) in [7, 11) is 0.419. The quantitative estimate of drug-likeness (QED) is 0.849. The summed E-state index contributed by atoms with van der Waals surface area (Å²) in [6, 6.07) is -0.128. The third-order valence-corrected chi connectivity index (χ3v) is 6.48. The minimum absolute atomic E-state index is 0.0698. The number of nitrogens with zero attached hydrogens (tertiary/aromatic N) is 3. The minimum Gasteiger partial charge on any atom is -0.338 e. The molecule has 1 amide bonds. The lowest BCUT2D eigenvalue weighted by Gasteiger charge is -2.38. The summed E-state index contributed by atoms with van der Waals surface area (Å²) >= 11 is 0. The average molecular weight is 326 g/mol. The van der Waals surface area contributed by atoms with Crippen molar-refractivity contribution >= 4 is 15.9 Å². The highest BCUT2D eigenvalue weighted by Crippen LogP contribution is 2.35. The first kappa shape index (κ1) is 15.5. The highest BCUT2D eigenvalue weighted by molar-refractivity contribution is 7.90. The molecule has 1 aliphatic heterocycles. The molecule has 0 spiro atoms. The van der Waals surface area contributed by atoms with Gasteiger partial charge in [-0.2, -0.15) is 5.10 Å². The number of carbonyl (C=O) groups is 1. The zero-order valence-electron chi connectivity index (χ0n) is 12.9. The smallest absolute Gasteiger partial charge is 0.222 e. The maximum Gasteiger partial charge on any atom is 0.222 e. The number of nitrogens with one attached hydrogen (secondary N) is 1. The second kappa shape index (κ2) is 5.66. The van der Waals surface area contributed by atoms with Gasteiger partial charge in [0.25, 0.3) is 0 Å². The minimum atomic E-state index is -3.19. The molecule has 0 bridgehead atoms. The van der Waals surface area contributed by atoms with E-state index in [1.807, 2.05) is 13.2 Å². The largest absolute Gasteiger partial charge is 0.338 e. The number of carbonyl (C=O) groups excluding carboxylic acids is 1. The molecule has 1 saturated heterocycles. The van der Waals surface area contributed by atoms with Gasteiger partial charge in [0.2, 0.25) is 15.9 Å². The van der Waals surface area contributed by atoms with E-state index in [4.69, 9.17) is 0 Å². The van der Waals surface area contributed by atoms with Crippen LogP contribution in [0.1, 0.15) is 37.3 Å². The molecule has 2 fully saturated rings. The number of amides is 1. The molecule has 3 rings (SSSR count). The third-order valence-electron chi connectivity index (χ3n) is 4.56. The van der Waals surface area contributed by atoms with Crippen LogP contribution < -0.4 is 4.72 Å². The summed E-state index contributed by atoms with van der Waals surface area (Å²) in [5.74, 6) is 0.163. The zero-order chi connectivity index (χ0) is 15.9. The Morgan fingerprint density at radius 3 is 2.64 bits per heavy atom. The second-order valence-electron chi connectivity index (χ2n) is 6.29. The predicted molar refractivity (Wildman–Crippen MR) is 81.4 cm³/mol. The first-order chi connectivity index (χ1) is 10.4. The van der Waals surface area contributed by atoms with Gasteiger partial charge in [-0.25, -0.2) is 13.1 Å². The van der Waals surface area contributed by atoms with Crippen LogP contribution in [0.4, 0.5) is 0 Å². The first-order valence-corrected chi connectivity index (χ1v) is 9.16. The fourth-order valence-corrected chi connectivity index (χ4v) is 4.57. The Labute approximate surface area is 130 Å². The lowest BCUT2D eigenvalue weighted by molar-refractivity contribution is -0.136. The van der Waals surface area contributed by atoms with E-state index in [-0.39, 0.29) is 23.1 Å². The molecular weight excluding hydrogens is 304 g/mol. The molecule has 1 aliphatic carbocycles. The summed E-state index contributed by atoms with van der Waals surface area (Å²) < 4.78 is 28.5. The van der Waals surface area contributed by atoms with Crippen molar-refractivity contribution in [2.24, 2.45) is 13.0 Å². The number of aromatic nitrogens is 2. The van der Waals surface area contributed by atoms with Crippen molar-refractivity contribution in [3.63, 3.8) is 0 Å². The number of aryl methyl sites for hydroxylation is 1. The van der Waals surface area contributed by atoms with Crippen molar-refractivity contribution in [2.75, 3.05) is 13.6 Å². The van der Waals surface area contributed by atoms with Crippen LogP contribution in [0, 0.1) is 5.92 Å². The van der Waals surface area contributed by atoms with Gasteiger partial charge in [0.15, 0.2) is 0 Å². The molecule has 2 atom stereocenters. The molecule has 1 aromatic rings. The maximum atomic E-state index is 12.0. The van der Waals surface area contributed by atoms with Gasteiger partial charge in [-0.1, -0.05) is 0 Å². The molecule has 1 aromatic heterocycles. The van der Waals surface area contributed by atoms with Gasteiger partial charge in [0.05, 0.1) is 17.5 Å². The molecule has 8 heteroatoms. The van der Waals surface area contributed by atoms with Gasteiger partial charge in [-0.3, -0.25) is 9.48 Å². The number of hydrogen-bond donors (Lipinski definition) is 1. The van der Waals surface area contributed by atoms with Crippen molar-refractivity contribution in [1.82, 2.24) is 19.4 Å². The van der Waals surface area contributed by atoms with E-state index < -0.39 is 10.0 Å². The topological polar surface area (TPSA) is 84.3 Å². The predicted octanol–water partition coefficient (Wildman–Crippen LogP) is 0.411. The normalized spacial score (nSPS) is 26.5. The van der Waals surface area contributed by atoms with Crippen LogP contribution in [0.25, 0.3) is 0 Å². The van der Waals surface area contributed by atoms with Gasteiger partial charge >= 0.3 is 0 Å². The Kier molecular flexibility index (Phi) is 3.98. The first-order valence-electron chi connectivity index (χ1n) is 7.61. The Morgan fingerprint density at radius 1 is 1.32 bits per heavy atom. The SMILES string of the molecule is CN1C(=O)CC[C@H](CNS(=O)(=O)C2CC2)[C@H]1c1cnn(C)c1. The fraction of sp³-hybridized carbons (Fsp3) is 0.714. The summed E-state index contributed by atoms with van der Waals surface area (Å²) in [4.78, 5) is 13.7. The number of hydrogen-bond acceptors (Lipinski definition) is 4. The van der Waals surface area contributed by atoms with Crippen LogP contribution in [0.5, 0.6) is 0 Å². The highest BCUT2D eigenvalue weighted by Gasteiger charge is 2.39. The van der Waals surface area contributed by atoms with Crippen LogP contribution in [-0.2, 0) is 21.9 Å².